The van der Waals surface area contributed by atoms with Gasteiger partial charge in [0.15, 0.2) is 11.5 Å². The normalized spacial score (nSPS) is 10.1. The minimum absolute atomic E-state index is 0.00792. The predicted molar refractivity (Wildman–Crippen MR) is 51.5 cm³/mol. The fourth-order valence-electron chi connectivity index (χ4n) is 0.945. The summed E-state index contributed by atoms with van der Waals surface area (Å²) in [5, 5.41) is 13.1. The lowest BCUT2D eigenvalue weighted by molar-refractivity contribution is -0.109. The number of ether oxygens (including phenoxy) is 1. The number of carbonyl (C=O) groups is 1. The lowest BCUT2D eigenvalue weighted by Crippen LogP contribution is -2.00. The Hall–Kier alpha value is -2.04. The van der Waals surface area contributed by atoms with Crippen molar-refractivity contribution in [3.8, 4) is 11.5 Å². The molecule has 0 saturated carbocycles. The number of benzene rings is 1. The smallest absolute Gasteiger partial charge is 0.227 e. The molecule has 74 valence electrons. The van der Waals surface area contributed by atoms with Gasteiger partial charge in [-0.15, -0.1) is 0 Å². The summed E-state index contributed by atoms with van der Waals surface area (Å²) in [5.41, 5.74) is 2.57. The number of aromatic hydroxyl groups is 1. The summed E-state index contributed by atoms with van der Waals surface area (Å²) >= 11 is 0. The van der Waals surface area contributed by atoms with Gasteiger partial charge in [-0.1, -0.05) is 6.07 Å². The Morgan fingerprint density at radius 3 is 3.00 bits per heavy atom. The van der Waals surface area contributed by atoms with Crippen molar-refractivity contribution in [2.24, 2.45) is 5.10 Å². The van der Waals surface area contributed by atoms with Gasteiger partial charge in [-0.2, -0.15) is 5.10 Å². The van der Waals surface area contributed by atoms with Gasteiger partial charge in [0.1, 0.15) is 0 Å². The molecule has 0 bridgehead atoms. The molecule has 0 spiro atoms. The minimum Gasteiger partial charge on any atom is -0.504 e. The van der Waals surface area contributed by atoms with Crippen LogP contribution in [0, 0.1) is 0 Å². The molecule has 0 unspecified atom stereocenters. The number of nitrogens with zero attached hydrogens (tertiary/aromatic N) is 1. The first-order valence-corrected chi connectivity index (χ1v) is 3.87. The number of para-hydroxylation sites is 1. The Balaban J connectivity index is 2.91. The van der Waals surface area contributed by atoms with Crippen molar-refractivity contribution < 1.29 is 14.6 Å². The average molecular weight is 194 g/mol. The lowest BCUT2D eigenvalue weighted by Gasteiger charge is -2.04. The molecular formula is C9H10N2O3. The molecule has 0 atom stereocenters. The van der Waals surface area contributed by atoms with Gasteiger partial charge in [0.25, 0.3) is 0 Å². The first-order valence-electron chi connectivity index (χ1n) is 3.87. The van der Waals surface area contributed by atoms with Crippen LogP contribution in [-0.2, 0) is 4.79 Å². The number of nitrogens with one attached hydrogen (secondary N) is 1. The number of phenols is 1. The maximum Gasteiger partial charge on any atom is 0.227 e. The Morgan fingerprint density at radius 2 is 2.36 bits per heavy atom. The van der Waals surface area contributed by atoms with E-state index in [2.05, 4.69) is 10.5 Å². The fourth-order valence-corrected chi connectivity index (χ4v) is 0.945. The third-order valence-corrected chi connectivity index (χ3v) is 1.58. The van der Waals surface area contributed by atoms with Crippen LogP contribution in [0.4, 0.5) is 0 Å². The molecule has 0 aliphatic rings. The zero-order chi connectivity index (χ0) is 10.4. The quantitative estimate of drug-likeness (QED) is 0.416. The summed E-state index contributed by atoms with van der Waals surface area (Å²) in [6.07, 6.45) is 1.76. The average Bonchev–Trinajstić information content (AvgIpc) is 2.21. The second-order valence-electron chi connectivity index (χ2n) is 2.40. The van der Waals surface area contributed by atoms with Crippen LogP contribution in [0.15, 0.2) is 23.3 Å². The second-order valence-corrected chi connectivity index (χ2v) is 2.40. The highest BCUT2D eigenvalue weighted by Crippen LogP contribution is 2.27. The maximum atomic E-state index is 9.89. The zero-order valence-corrected chi connectivity index (χ0v) is 7.60. The third kappa shape index (κ3) is 2.22. The van der Waals surface area contributed by atoms with E-state index >= 15 is 0 Å². The summed E-state index contributed by atoms with van der Waals surface area (Å²) in [6, 6.07) is 4.98. The van der Waals surface area contributed by atoms with Crippen molar-refractivity contribution in [1.29, 1.82) is 0 Å². The van der Waals surface area contributed by atoms with Crippen LogP contribution in [0.5, 0.6) is 11.5 Å². The van der Waals surface area contributed by atoms with E-state index in [1.807, 2.05) is 0 Å². The van der Waals surface area contributed by atoms with Crippen LogP contribution in [0.25, 0.3) is 0 Å². The maximum absolute atomic E-state index is 9.89. The first kappa shape index (κ1) is 10.0. The summed E-state index contributed by atoms with van der Waals surface area (Å²) in [5.74, 6) is 0.353. The zero-order valence-electron chi connectivity index (χ0n) is 7.60. The molecule has 5 heteroatoms. The van der Waals surface area contributed by atoms with E-state index < -0.39 is 0 Å². The Kier molecular flexibility index (Phi) is 3.49. The number of carbonyl (C=O) groups excluding carboxylic acids is 1. The minimum atomic E-state index is -0.00792. The topological polar surface area (TPSA) is 70.9 Å². The highest BCUT2D eigenvalue weighted by atomic mass is 16.5. The molecule has 0 heterocycles. The number of hydrogen-bond donors (Lipinski definition) is 2. The molecule has 0 aliphatic carbocycles. The van der Waals surface area contributed by atoms with E-state index in [4.69, 9.17) is 4.74 Å². The van der Waals surface area contributed by atoms with Gasteiger partial charge in [0.05, 0.1) is 13.3 Å². The monoisotopic (exact) mass is 194 g/mol. The van der Waals surface area contributed by atoms with Crippen molar-refractivity contribution in [1.82, 2.24) is 5.43 Å². The number of phenolic OH excluding ortho intramolecular Hbond substituents is 1. The van der Waals surface area contributed by atoms with E-state index in [-0.39, 0.29) is 5.75 Å². The SMILES string of the molecule is COc1cccc(/C=N\NC=O)c1O. The summed E-state index contributed by atoms with van der Waals surface area (Å²) in [4.78, 5) is 9.89. The van der Waals surface area contributed by atoms with Crippen LogP contribution < -0.4 is 10.2 Å². The van der Waals surface area contributed by atoms with Gasteiger partial charge in [-0.3, -0.25) is 4.79 Å². The number of hydrazone groups is 1. The number of rotatable bonds is 4. The van der Waals surface area contributed by atoms with Crippen molar-refractivity contribution >= 4 is 12.6 Å². The first-order chi connectivity index (χ1) is 6.79. The van der Waals surface area contributed by atoms with Gasteiger partial charge in [0, 0.05) is 5.56 Å². The van der Waals surface area contributed by atoms with Crippen molar-refractivity contribution in [2.75, 3.05) is 7.11 Å². The largest absolute Gasteiger partial charge is 0.504 e. The standard InChI is InChI=1S/C9H10N2O3/c1-14-8-4-2-3-7(9(8)13)5-10-11-6-12/h2-6,13H,1H3,(H,11,12)/b10-5-. The van der Waals surface area contributed by atoms with Crippen molar-refractivity contribution in [2.45, 2.75) is 0 Å². The lowest BCUT2D eigenvalue weighted by atomic mass is 10.2. The molecular weight excluding hydrogens is 184 g/mol. The molecule has 1 rings (SSSR count). The molecule has 0 saturated heterocycles. The summed E-state index contributed by atoms with van der Waals surface area (Å²) in [6.45, 7) is 0. The molecule has 1 aromatic carbocycles. The highest BCUT2D eigenvalue weighted by molar-refractivity contribution is 5.84. The van der Waals surface area contributed by atoms with E-state index in [1.54, 1.807) is 18.2 Å². The van der Waals surface area contributed by atoms with Crippen LogP contribution in [0.3, 0.4) is 0 Å². The van der Waals surface area contributed by atoms with Crippen LogP contribution in [-0.4, -0.2) is 24.8 Å². The van der Waals surface area contributed by atoms with Crippen molar-refractivity contribution in [3.05, 3.63) is 23.8 Å². The number of methoxy groups -OCH3 is 1. The molecule has 1 amide bonds. The number of amides is 1. The van der Waals surface area contributed by atoms with Gasteiger partial charge in [0.2, 0.25) is 6.41 Å². The van der Waals surface area contributed by atoms with E-state index in [0.717, 1.165) is 0 Å². The van der Waals surface area contributed by atoms with E-state index in [1.165, 1.54) is 13.3 Å². The third-order valence-electron chi connectivity index (χ3n) is 1.58. The van der Waals surface area contributed by atoms with Crippen LogP contribution in [0.2, 0.25) is 0 Å². The Morgan fingerprint density at radius 1 is 1.57 bits per heavy atom. The fraction of sp³-hybridized carbons (Fsp3) is 0.111. The molecule has 14 heavy (non-hydrogen) atoms. The summed E-state index contributed by atoms with van der Waals surface area (Å²) < 4.78 is 4.89. The summed E-state index contributed by atoms with van der Waals surface area (Å²) in [7, 11) is 1.46. The second kappa shape index (κ2) is 4.86. The van der Waals surface area contributed by atoms with Gasteiger partial charge < -0.3 is 9.84 Å². The molecule has 1 aromatic rings. The molecule has 0 aliphatic heterocycles. The van der Waals surface area contributed by atoms with Crippen molar-refractivity contribution in [3.63, 3.8) is 0 Å². The molecule has 0 fully saturated rings. The molecule has 5 nitrogen and oxygen atoms in total. The van der Waals surface area contributed by atoms with E-state index in [0.29, 0.717) is 17.7 Å². The van der Waals surface area contributed by atoms with Gasteiger partial charge in [-0.25, -0.2) is 5.43 Å². The Bertz CT molecular complexity index is 350. The van der Waals surface area contributed by atoms with Crippen LogP contribution in [0.1, 0.15) is 5.56 Å². The molecule has 0 aromatic heterocycles. The molecule has 2 N–H and O–H groups in total. The van der Waals surface area contributed by atoms with Gasteiger partial charge in [-0.05, 0) is 12.1 Å². The van der Waals surface area contributed by atoms with Crippen LogP contribution >= 0.6 is 0 Å². The number of hydrogen-bond acceptors (Lipinski definition) is 4. The van der Waals surface area contributed by atoms with Gasteiger partial charge >= 0.3 is 0 Å². The van der Waals surface area contributed by atoms with E-state index in [9.17, 15) is 9.90 Å². The Labute approximate surface area is 81.0 Å². The predicted octanol–water partition coefficient (Wildman–Crippen LogP) is 0.481. The highest BCUT2D eigenvalue weighted by Gasteiger charge is 2.04. The molecule has 0 radical (unpaired) electrons.